The number of halogens is 2. The molecule has 1 fully saturated rings. The van der Waals surface area contributed by atoms with Gasteiger partial charge < -0.3 is 4.74 Å². The molecular weight excluding hydrogens is 262 g/mol. The molecule has 1 aromatic rings. The lowest BCUT2D eigenvalue weighted by molar-refractivity contribution is -0.0290. The summed E-state index contributed by atoms with van der Waals surface area (Å²) in [7, 11) is 0. The molecule has 1 saturated carbocycles. The highest BCUT2D eigenvalue weighted by Crippen LogP contribution is 2.34. The van der Waals surface area contributed by atoms with E-state index in [9.17, 15) is 8.78 Å². The fourth-order valence-electron chi connectivity index (χ4n) is 2.80. The Labute approximate surface area is 118 Å². The van der Waals surface area contributed by atoms with Crippen LogP contribution in [0.5, 0.6) is 0 Å². The minimum Gasteiger partial charge on any atom is -0.378 e. The minimum atomic E-state index is -0.554. The minimum absolute atomic E-state index is 0.00235. The van der Waals surface area contributed by atoms with Gasteiger partial charge in [-0.1, -0.05) is 6.07 Å². The molecule has 0 bridgehead atoms. The van der Waals surface area contributed by atoms with Crippen molar-refractivity contribution in [1.29, 1.82) is 0 Å². The fraction of sp³-hybridized carbons (Fsp3) is 0.600. The summed E-state index contributed by atoms with van der Waals surface area (Å²) in [6.45, 7) is 2.74. The van der Waals surface area contributed by atoms with Crippen LogP contribution < -0.4 is 11.3 Å². The van der Waals surface area contributed by atoms with Crippen molar-refractivity contribution in [3.8, 4) is 0 Å². The van der Waals surface area contributed by atoms with Crippen LogP contribution in [0.4, 0.5) is 8.78 Å². The van der Waals surface area contributed by atoms with Crippen molar-refractivity contribution in [3.63, 3.8) is 0 Å². The number of nitrogens with one attached hydrogen (secondary N) is 1. The summed E-state index contributed by atoms with van der Waals surface area (Å²) in [6.07, 6.45) is 3.80. The molecule has 20 heavy (non-hydrogen) atoms. The van der Waals surface area contributed by atoms with Crippen LogP contribution in [0.2, 0.25) is 0 Å². The Morgan fingerprint density at radius 1 is 1.40 bits per heavy atom. The van der Waals surface area contributed by atoms with E-state index in [0.717, 1.165) is 31.9 Å². The predicted molar refractivity (Wildman–Crippen MR) is 73.9 cm³/mol. The van der Waals surface area contributed by atoms with Gasteiger partial charge in [-0.05, 0) is 50.2 Å². The third kappa shape index (κ3) is 3.98. The molecular formula is C15H22F2N2O. The number of hydrogen-bond acceptors (Lipinski definition) is 3. The normalized spacial score (nSPS) is 23.4. The van der Waals surface area contributed by atoms with Gasteiger partial charge in [0.1, 0.15) is 11.6 Å². The van der Waals surface area contributed by atoms with Crippen molar-refractivity contribution in [3.05, 3.63) is 35.4 Å². The van der Waals surface area contributed by atoms with Crippen molar-refractivity contribution < 1.29 is 13.5 Å². The van der Waals surface area contributed by atoms with E-state index in [2.05, 4.69) is 5.43 Å². The standard InChI is InChI=1S/C15H22F2N2O/c1-2-20-14-6-10(7-14)5-13(19-18)8-11-3-4-12(16)9-15(11)17/h3-4,9-10,13-14,19H,2,5-8,18H2,1H3. The van der Waals surface area contributed by atoms with E-state index >= 15 is 0 Å². The Kier molecular flexibility index (Phi) is 5.46. The first kappa shape index (κ1) is 15.4. The Bertz CT molecular complexity index is 436. The SMILES string of the molecule is CCOC1CC(CC(Cc2ccc(F)cc2F)NN)C1. The lowest BCUT2D eigenvalue weighted by Crippen LogP contribution is -2.42. The van der Waals surface area contributed by atoms with E-state index < -0.39 is 11.6 Å². The molecule has 3 N–H and O–H groups in total. The average Bonchev–Trinajstić information content (AvgIpc) is 2.37. The maximum atomic E-state index is 13.6. The van der Waals surface area contributed by atoms with E-state index in [0.29, 0.717) is 24.0 Å². The zero-order valence-electron chi connectivity index (χ0n) is 11.7. The van der Waals surface area contributed by atoms with Gasteiger partial charge in [0.05, 0.1) is 6.10 Å². The zero-order chi connectivity index (χ0) is 14.5. The summed E-state index contributed by atoms with van der Waals surface area (Å²) in [6, 6.07) is 3.68. The van der Waals surface area contributed by atoms with E-state index in [1.165, 1.54) is 12.1 Å². The molecule has 1 aromatic carbocycles. The van der Waals surface area contributed by atoms with Crippen LogP contribution in [0.3, 0.4) is 0 Å². The van der Waals surface area contributed by atoms with Crippen LogP contribution in [-0.2, 0) is 11.2 Å². The van der Waals surface area contributed by atoms with Gasteiger partial charge >= 0.3 is 0 Å². The van der Waals surface area contributed by atoms with Gasteiger partial charge in [0.2, 0.25) is 0 Å². The number of ether oxygens (including phenoxy) is 1. The topological polar surface area (TPSA) is 47.3 Å². The molecule has 1 atom stereocenters. The van der Waals surface area contributed by atoms with Crippen molar-refractivity contribution >= 4 is 0 Å². The van der Waals surface area contributed by atoms with Gasteiger partial charge in [0.15, 0.2) is 0 Å². The predicted octanol–water partition coefficient (Wildman–Crippen LogP) is 2.54. The maximum Gasteiger partial charge on any atom is 0.129 e. The van der Waals surface area contributed by atoms with Gasteiger partial charge in [0.25, 0.3) is 0 Å². The summed E-state index contributed by atoms with van der Waals surface area (Å²) >= 11 is 0. The summed E-state index contributed by atoms with van der Waals surface area (Å²) in [5, 5.41) is 0. The zero-order valence-corrected chi connectivity index (χ0v) is 11.7. The first-order valence-corrected chi connectivity index (χ1v) is 7.14. The molecule has 5 heteroatoms. The molecule has 0 saturated heterocycles. The molecule has 0 aliphatic heterocycles. The first-order valence-electron chi connectivity index (χ1n) is 7.14. The number of hydrazine groups is 1. The van der Waals surface area contributed by atoms with Gasteiger partial charge in [-0.15, -0.1) is 0 Å². The molecule has 0 heterocycles. The Balaban J connectivity index is 1.84. The van der Waals surface area contributed by atoms with Crippen LogP contribution >= 0.6 is 0 Å². The summed E-state index contributed by atoms with van der Waals surface area (Å²) in [4.78, 5) is 0. The Morgan fingerprint density at radius 3 is 2.75 bits per heavy atom. The van der Waals surface area contributed by atoms with Gasteiger partial charge in [-0.25, -0.2) is 8.78 Å². The summed E-state index contributed by atoms with van der Waals surface area (Å²) < 4.78 is 32.0. The van der Waals surface area contributed by atoms with Gasteiger partial charge in [-0.3, -0.25) is 11.3 Å². The van der Waals surface area contributed by atoms with Crippen molar-refractivity contribution in [2.75, 3.05) is 6.61 Å². The Hall–Kier alpha value is -1.04. The second-order valence-electron chi connectivity index (χ2n) is 5.45. The molecule has 0 aromatic heterocycles. The van der Waals surface area contributed by atoms with E-state index in [4.69, 9.17) is 10.6 Å². The van der Waals surface area contributed by atoms with E-state index in [-0.39, 0.29) is 6.04 Å². The monoisotopic (exact) mass is 284 g/mol. The highest BCUT2D eigenvalue weighted by atomic mass is 19.1. The van der Waals surface area contributed by atoms with Crippen LogP contribution in [0.15, 0.2) is 18.2 Å². The molecule has 1 unspecified atom stereocenters. The first-order chi connectivity index (χ1) is 9.62. The van der Waals surface area contributed by atoms with E-state index in [1.807, 2.05) is 6.92 Å². The average molecular weight is 284 g/mol. The smallest absolute Gasteiger partial charge is 0.129 e. The lowest BCUT2D eigenvalue weighted by Gasteiger charge is -2.37. The van der Waals surface area contributed by atoms with Gasteiger partial charge in [-0.2, -0.15) is 0 Å². The maximum absolute atomic E-state index is 13.6. The summed E-state index contributed by atoms with van der Waals surface area (Å²) in [5.74, 6) is 5.05. The number of hydrogen-bond donors (Lipinski definition) is 2. The highest BCUT2D eigenvalue weighted by molar-refractivity contribution is 5.19. The van der Waals surface area contributed by atoms with Gasteiger partial charge in [0, 0.05) is 18.7 Å². The molecule has 0 spiro atoms. The third-order valence-electron chi connectivity index (χ3n) is 3.93. The van der Waals surface area contributed by atoms with Crippen molar-refractivity contribution in [2.24, 2.45) is 11.8 Å². The fourth-order valence-corrected chi connectivity index (χ4v) is 2.80. The second-order valence-corrected chi connectivity index (χ2v) is 5.45. The molecule has 1 aliphatic rings. The summed E-state index contributed by atoms with van der Waals surface area (Å²) in [5.41, 5.74) is 3.23. The molecule has 0 amide bonds. The third-order valence-corrected chi connectivity index (χ3v) is 3.93. The number of rotatable bonds is 7. The highest BCUT2D eigenvalue weighted by Gasteiger charge is 2.31. The molecule has 112 valence electrons. The van der Waals surface area contributed by atoms with Crippen LogP contribution in [0.25, 0.3) is 0 Å². The van der Waals surface area contributed by atoms with Crippen LogP contribution in [0.1, 0.15) is 31.7 Å². The Morgan fingerprint density at radius 2 is 2.15 bits per heavy atom. The molecule has 2 rings (SSSR count). The van der Waals surface area contributed by atoms with Crippen LogP contribution in [0, 0.1) is 17.6 Å². The van der Waals surface area contributed by atoms with E-state index in [1.54, 1.807) is 0 Å². The second kappa shape index (κ2) is 7.11. The molecule has 3 nitrogen and oxygen atoms in total. The van der Waals surface area contributed by atoms with Crippen molar-refractivity contribution in [1.82, 2.24) is 5.43 Å². The number of nitrogens with two attached hydrogens (primary N) is 1. The van der Waals surface area contributed by atoms with Crippen molar-refractivity contribution in [2.45, 2.75) is 44.8 Å². The quantitative estimate of drug-likeness (QED) is 0.597. The molecule has 0 radical (unpaired) electrons. The van der Waals surface area contributed by atoms with Crippen LogP contribution in [-0.4, -0.2) is 18.8 Å². The largest absolute Gasteiger partial charge is 0.378 e. The molecule has 1 aliphatic carbocycles. The number of benzene rings is 1. The lowest BCUT2D eigenvalue weighted by atomic mass is 9.77.